The van der Waals surface area contributed by atoms with Crippen LogP contribution in [0.4, 0.5) is 5.82 Å². The third kappa shape index (κ3) is 12.2. The zero-order valence-electron chi connectivity index (χ0n) is 37.0. The summed E-state index contributed by atoms with van der Waals surface area (Å²) in [5.74, 6) is -2.00. The van der Waals surface area contributed by atoms with Crippen molar-refractivity contribution in [3.05, 3.63) is 35.0 Å². The Labute approximate surface area is 372 Å². The molecule has 3 fully saturated rings. The average Bonchev–Trinajstić information content (AvgIpc) is 3.20. The molecule has 3 saturated heterocycles. The van der Waals surface area contributed by atoms with Gasteiger partial charge < -0.3 is 63.3 Å². The van der Waals surface area contributed by atoms with Crippen LogP contribution in [-0.4, -0.2) is 167 Å². The number of esters is 2. The Morgan fingerprint density at radius 1 is 1.03 bits per heavy atom. The Morgan fingerprint density at radius 2 is 1.76 bits per heavy atom. The summed E-state index contributed by atoms with van der Waals surface area (Å²) in [6.45, 7) is 10.2. The van der Waals surface area contributed by atoms with E-state index < -0.39 is 128 Å². The van der Waals surface area contributed by atoms with Crippen LogP contribution in [-0.2, 0) is 52.4 Å². The number of nitrogens with zero attached hydrogens (tertiary/aromatic N) is 3. The Bertz CT molecular complexity index is 1660. The number of hydroxylamine groups is 1. The lowest BCUT2D eigenvalue weighted by molar-refractivity contribution is -0.344. The molecule has 0 saturated carbocycles. The van der Waals surface area contributed by atoms with E-state index in [2.05, 4.69) is 20.9 Å². The molecule has 4 N–H and O–H groups in total. The van der Waals surface area contributed by atoms with E-state index in [-0.39, 0.29) is 25.7 Å². The number of hydrogen-bond donors (Lipinski definition) is 4. The van der Waals surface area contributed by atoms with Gasteiger partial charge >= 0.3 is 11.9 Å². The first-order chi connectivity index (χ1) is 29.3. The van der Waals surface area contributed by atoms with Crippen LogP contribution in [0.15, 0.2) is 35.0 Å². The molecule has 5 aliphatic rings. The van der Waals surface area contributed by atoms with Crippen LogP contribution in [0.5, 0.6) is 0 Å². The van der Waals surface area contributed by atoms with E-state index in [1.165, 1.54) is 7.11 Å². The monoisotopic (exact) mass is 943 g/mol. The summed E-state index contributed by atoms with van der Waals surface area (Å²) in [4.78, 5) is 50.6. The van der Waals surface area contributed by atoms with Gasteiger partial charge in [0.15, 0.2) is 24.5 Å². The van der Waals surface area contributed by atoms with Crippen LogP contribution in [0.25, 0.3) is 0 Å². The summed E-state index contributed by atoms with van der Waals surface area (Å²) in [6, 6.07) is 2.36. The number of hydrogen-bond acceptors (Lipinski definition) is 18. The zero-order chi connectivity index (χ0) is 45.6. The van der Waals surface area contributed by atoms with E-state index in [1.807, 2.05) is 19.1 Å². The molecular weight excluding hydrogens is 878 g/mol. The molecule has 1 aromatic rings. The predicted molar refractivity (Wildman–Crippen MR) is 225 cm³/mol. The molecule has 0 aliphatic carbocycles. The number of aliphatic hydroxyl groups excluding tert-OH is 3. The minimum Gasteiger partial charge on any atom is -0.462 e. The molecule has 6 rings (SSSR count). The van der Waals surface area contributed by atoms with Gasteiger partial charge in [-0.3, -0.25) is 14.4 Å². The fraction of sp³-hybridized carbons (Fsp3) is 0.767. The fourth-order valence-corrected chi connectivity index (χ4v) is 9.29. The highest BCUT2D eigenvalue weighted by atomic mass is 79.9. The zero-order valence-corrected chi connectivity index (χ0v) is 38.6. The molecule has 62 heavy (non-hydrogen) atoms. The number of pyridine rings is 1. The molecule has 18 atom stereocenters. The lowest BCUT2D eigenvalue weighted by Crippen LogP contribution is -2.66. The van der Waals surface area contributed by atoms with Crippen molar-refractivity contribution in [2.45, 2.75) is 177 Å². The maximum Gasteiger partial charge on any atom is 0.308 e. The molecular formula is C43H66BrN3O15. The first-order valence-corrected chi connectivity index (χ1v) is 22.2. The second kappa shape index (κ2) is 22.0. The van der Waals surface area contributed by atoms with E-state index >= 15 is 0 Å². The van der Waals surface area contributed by atoms with Crippen LogP contribution in [0.3, 0.4) is 0 Å². The van der Waals surface area contributed by atoms with Crippen LogP contribution in [0, 0.1) is 11.8 Å². The lowest BCUT2D eigenvalue weighted by atomic mass is 9.81. The number of halogens is 1. The first kappa shape index (κ1) is 50.3. The van der Waals surface area contributed by atoms with E-state index in [0.29, 0.717) is 18.5 Å². The molecule has 350 valence electrons. The molecule has 0 radical (unpaired) electrons. The summed E-state index contributed by atoms with van der Waals surface area (Å²) >= 11 is 3.41. The van der Waals surface area contributed by atoms with E-state index in [0.717, 1.165) is 4.47 Å². The second-order valence-electron chi connectivity index (χ2n) is 17.5. The van der Waals surface area contributed by atoms with Crippen molar-refractivity contribution >= 4 is 40.0 Å². The Morgan fingerprint density at radius 3 is 2.37 bits per heavy atom. The number of aromatic nitrogens is 1. The van der Waals surface area contributed by atoms with Gasteiger partial charge in [0.05, 0.1) is 49.0 Å². The van der Waals surface area contributed by atoms with Gasteiger partial charge in [0.2, 0.25) is 0 Å². The summed E-state index contributed by atoms with van der Waals surface area (Å²) < 4.78 is 43.5. The number of aliphatic hydroxyl groups is 4. The van der Waals surface area contributed by atoms with Crippen LogP contribution >= 0.6 is 15.9 Å². The Kier molecular flexibility index (Phi) is 17.9. The minimum absolute atomic E-state index is 0.0477. The van der Waals surface area contributed by atoms with Gasteiger partial charge in [-0.05, 0) is 88.1 Å². The van der Waals surface area contributed by atoms with Crippen LogP contribution in [0.2, 0.25) is 0 Å². The molecule has 0 aromatic carbocycles. The molecule has 1 aromatic heterocycles. The molecule has 2 bridgehead atoms. The molecule has 0 amide bonds. The molecule has 0 unspecified atom stereocenters. The third-order valence-corrected chi connectivity index (χ3v) is 12.7. The smallest absolute Gasteiger partial charge is 0.308 e. The number of aldehydes is 1. The maximum absolute atomic E-state index is 13.4. The van der Waals surface area contributed by atoms with E-state index in [9.17, 15) is 34.8 Å². The normalized spacial score (nSPS) is 41.2. The van der Waals surface area contributed by atoms with Crippen molar-refractivity contribution in [1.82, 2.24) is 9.88 Å². The number of fused-ring (bicyclic) bond motifs is 12. The molecule has 0 spiro atoms. The molecule has 5 aliphatic heterocycles. The van der Waals surface area contributed by atoms with Crippen LogP contribution < -0.4 is 5.06 Å². The van der Waals surface area contributed by atoms with E-state index in [4.69, 9.17) is 38.0 Å². The van der Waals surface area contributed by atoms with Gasteiger partial charge in [0.1, 0.15) is 42.4 Å². The van der Waals surface area contributed by atoms with Crippen LogP contribution in [0.1, 0.15) is 80.1 Å². The topological polar surface area (TPSA) is 225 Å². The highest BCUT2D eigenvalue weighted by molar-refractivity contribution is 9.10. The summed E-state index contributed by atoms with van der Waals surface area (Å²) in [5, 5.41) is 48.6. The Hall–Kier alpha value is -2.66. The highest BCUT2D eigenvalue weighted by Gasteiger charge is 2.53. The largest absolute Gasteiger partial charge is 0.462 e. The number of methoxy groups -OCH3 is 1. The first-order valence-electron chi connectivity index (χ1n) is 21.4. The van der Waals surface area contributed by atoms with Crippen molar-refractivity contribution in [2.24, 2.45) is 11.8 Å². The number of rotatable bonds is 11. The molecule has 19 heteroatoms. The van der Waals surface area contributed by atoms with Gasteiger partial charge in [0, 0.05) is 43.5 Å². The number of carbonyl (C=O) groups is 3. The van der Waals surface area contributed by atoms with Gasteiger partial charge in [-0.2, -0.15) is 0 Å². The SMILES string of the molecule is CCC(=O)O[C@H]1[C@H](C)O[C@@H](O[C@H]2[C@H](N(C)C)[C@@H](O)[C@H](O[C@H]3[C@@H](CC=O)C[C@@H](C)[C@@H](O)[C@H]4C=C[C@@H](C[C@@H](C)OC(=O)C[C@@H](O)[C@@H]3OC)N(c3ccc(Br)cn3)O4)O[C@@H]2C)C[C@@]1(C)O. The van der Waals surface area contributed by atoms with Crippen molar-refractivity contribution in [2.75, 3.05) is 26.3 Å². The summed E-state index contributed by atoms with van der Waals surface area (Å²) in [5.41, 5.74) is -1.50. The summed E-state index contributed by atoms with van der Waals surface area (Å²) in [7, 11) is 4.84. The van der Waals surface area contributed by atoms with Crippen molar-refractivity contribution < 1.29 is 72.8 Å². The standard InChI is InChI=1S/C43H66BrN3O15/c1-10-32(50)59-41-25(5)57-34(20-43(41,6)54)60-38-24(4)58-42(37(53)35(38)46(7)8)61-39-26(15-16-48)17-22(2)36(52)30-13-12-28(47(62-30)31-14-11-27(44)21-45-31)18-23(3)56-33(51)19-29(49)40(39)55-9/h11-14,16,21-26,28-30,34-42,49,52-54H,10,15,17-20H2,1-9H3/t22-,23-,24-,25+,26+,28+,29-,30-,34+,35-,36-,37-,38-,39+,40+,41+,42+,43-/m1/s1. The molecule has 6 heterocycles. The van der Waals surface area contributed by atoms with E-state index in [1.54, 1.807) is 77.0 Å². The number of ether oxygens (including phenoxy) is 7. The highest BCUT2D eigenvalue weighted by Crippen LogP contribution is 2.38. The van der Waals surface area contributed by atoms with Crippen molar-refractivity contribution in [1.29, 1.82) is 0 Å². The minimum atomic E-state index is -1.50. The average molecular weight is 945 g/mol. The quantitative estimate of drug-likeness (QED) is 0.142. The Balaban J connectivity index is 1.42. The summed E-state index contributed by atoms with van der Waals surface area (Å²) in [6.07, 6.45) is -7.61. The van der Waals surface area contributed by atoms with Gasteiger partial charge in [-0.15, -0.1) is 0 Å². The number of carbonyl (C=O) groups excluding carboxylic acids is 3. The molecule has 18 nitrogen and oxygen atoms in total. The number of likely N-dealkylation sites (N-methyl/N-ethyl adjacent to an activating group) is 1. The van der Waals surface area contributed by atoms with Gasteiger partial charge in [-0.1, -0.05) is 26.0 Å². The van der Waals surface area contributed by atoms with Crippen molar-refractivity contribution in [3.8, 4) is 0 Å². The predicted octanol–water partition coefficient (Wildman–Crippen LogP) is 2.60. The van der Waals surface area contributed by atoms with Gasteiger partial charge in [-0.25, -0.2) is 10.0 Å². The second-order valence-corrected chi connectivity index (χ2v) is 18.4. The van der Waals surface area contributed by atoms with Crippen molar-refractivity contribution in [3.63, 3.8) is 0 Å². The third-order valence-electron chi connectivity index (χ3n) is 12.2. The number of anilines is 1. The fourth-order valence-electron chi connectivity index (χ4n) is 9.06. The lowest BCUT2D eigenvalue weighted by Gasteiger charge is -2.50. The maximum atomic E-state index is 13.4. The van der Waals surface area contributed by atoms with Gasteiger partial charge in [0.25, 0.3) is 0 Å².